The van der Waals surface area contributed by atoms with E-state index in [1.807, 2.05) is 4.90 Å². The van der Waals surface area contributed by atoms with Gasteiger partial charge in [0.1, 0.15) is 0 Å². The van der Waals surface area contributed by atoms with E-state index >= 15 is 0 Å². The Kier molecular flexibility index (Phi) is 8.90. The normalized spacial score (nSPS) is 14.5. The molecule has 200 valence electrons. The number of rotatable bonds is 10. The smallest absolute Gasteiger partial charge is 0.254 e. The Morgan fingerprint density at radius 3 is 2.22 bits per heavy atom. The Hall–Kier alpha value is -2.87. The van der Waals surface area contributed by atoms with Crippen molar-refractivity contribution >= 4 is 22.5 Å². The number of amides is 1. The number of anilines is 1. The van der Waals surface area contributed by atoms with Crippen LogP contribution in [0.25, 0.3) is 10.9 Å². The predicted molar refractivity (Wildman–Crippen MR) is 151 cm³/mol. The standard InChI is InChI=1S/C30H42N4O3/c1-21-8-7-9-22(2)27(21)20-31-28-19-25(30(35)33-12-10-32(11-13-33)14-16-36-5)18-26-23(3)24(4)34(29(26)28)15-17-37-6/h7-9,18-19,31H,10-17,20H2,1-6H3. The SMILES string of the molecule is COCCN1CCN(C(=O)c2cc(NCc3c(C)cccc3C)c3c(c2)c(C)c(C)n3CCOC)CC1. The minimum atomic E-state index is 0.102. The first-order chi connectivity index (χ1) is 17.8. The second-order valence-electron chi connectivity index (χ2n) is 10.1. The molecule has 3 aromatic rings. The number of carbonyl (C=O) groups excluding carboxylic acids is 1. The number of carbonyl (C=O) groups is 1. The third-order valence-electron chi connectivity index (χ3n) is 7.87. The Labute approximate surface area is 221 Å². The van der Waals surface area contributed by atoms with Crippen LogP contribution in [0.2, 0.25) is 0 Å². The van der Waals surface area contributed by atoms with Crippen molar-refractivity contribution in [2.45, 2.75) is 40.8 Å². The number of piperazine rings is 1. The molecule has 1 fully saturated rings. The number of nitrogens with one attached hydrogen (secondary N) is 1. The molecule has 1 N–H and O–H groups in total. The van der Waals surface area contributed by atoms with Gasteiger partial charge in [0.05, 0.1) is 24.4 Å². The summed E-state index contributed by atoms with van der Waals surface area (Å²) in [5.74, 6) is 0.102. The number of ether oxygens (including phenoxy) is 2. The van der Waals surface area contributed by atoms with Crippen LogP contribution in [0.5, 0.6) is 0 Å². The summed E-state index contributed by atoms with van der Waals surface area (Å²) in [4.78, 5) is 18.1. The summed E-state index contributed by atoms with van der Waals surface area (Å²) < 4.78 is 13.0. The molecule has 1 aromatic heterocycles. The van der Waals surface area contributed by atoms with Crippen LogP contribution < -0.4 is 5.32 Å². The fourth-order valence-corrected chi connectivity index (χ4v) is 5.39. The Balaban J connectivity index is 1.68. The number of aromatic nitrogens is 1. The molecule has 0 bridgehead atoms. The Morgan fingerprint density at radius 2 is 1.57 bits per heavy atom. The number of hydrogen-bond acceptors (Lipinski definition) is 5. The molecule has 7 heteroatoms. The van der Waals surface area contributed by atoms with Crippen LogP contribution in [-0.4, -0.2) is 80.4 Å². The van der Waals surface area contributed by atoms with Gasteiger partial charge in [0, 0.05) is 76.7 Å². The van der Waals surface area contributed by atoms with Gasteiger partial charge >= 0.3 is 0 Å². The molecule has 2 heterocycles. The van der Waals surface area contributed by atoms with Gasteiger partial charge in [0.2, 0.25) is 0 Å². The summed E-state index contributed by atoms with van der Waals surface area (Å²) in [5.41, 5.74) is 9.12. The van der Waals surface area contributed by atoms with Gasteiger partial charge in [0.25, 0.3) is 5.91 Å². The van der Waals surface area contributed by atoms with Crippen molar-refractivity contribution in [1.29, 1.82) is 0 Å². The van der Waals surface area contributed by atoms with E-state index in [4.69, 9.17) is 9.47 Å². The highest BCUT2D eigenvalue weighted by Gasteiger charge is 2.24. The lowest BCUT2D eigenvalue weighted by Gasteiger charge is -2.34. The quantitative estimate of drug-likeness (QED) is 0.438. The summed E-state index contributed by atoms with van der Waals surface area (Å²) in [5, 5.41) is 4.84. The molecular weight excluding hydrogens is 464 g/mol. The van der Waals surface area contributed by atoms with Gasteiger partial charge in [-0.1, -0.05) is 18.2 Å². The van der Waals surface area contributed by atoms with Crippen molar-refractivity contribution in [3.63, 3.8) is 0 Å². The molecule has 1 aliphatic heterocycles. The van der Waals surface area contributed by atoms with Crippen LogP contribution in [-0.2, 0) is 22.6 Å². The molecule has 1 saturated heterocycles. The third kappa shape index (κ3) is 5.84. The van der Waals surface area contributed by atoms with Crippen molar-refractivity contribution < 1.29 is 14.3 Å². The van der Waals surface area contributed by atoms with E-state index in [0.717, 1.165) is 68.0 Å². The molecule has 1 amide bonds. The minimum absolute atomic E-state index is 0.102. The first-order valence-corrected chi connectivity index (χ1v) is 13.3. The van der Waals surface area contributed by atoms with E-state index in [9.17, 15) is 4.79 Å². The van der Waals surface area contributed by atoms with Crippen LogP contribution in [0.4, 0.5) is 5.69 Å². The minimum Gasteiger partial charge on any atom is -0.383 e. The van der Waals surface area contributed by atoms with Gasteiger partial charge in [0.15, 0.2) is 0 Å². The van der Waals surface area contributed by atoms with Gasteiger partial charge in [-0.3, -0.25) is 9.69 Å². The lowest BCUT2D eigenvalue weighted by molar-refractivity contribution is 0.0594. The van der Waals surface area contributed by atoms with Gasteiger partial charge < -0.3 is 24.3 Å². The first kappa shape index (κ1) is 27.2. The number of fused-ring (bicyclic) bond motifs is 1. The molecule has 0 radical (unpaired) electrons. The molecule has 2 aromatic carbocycles. The average molecular weight is 507 g/mol. The maximum absolute atomic E-state index is 13.7. The van der Waals surface area contributed by atoms with Crippen molar-refractivity contribution in [1.82, 2.24) is 14.4 Å². The van der Waals surface area contributed by atoms with Crippen molar-refractivity contribution in [2.24, 2.45) is 0 Å². The van der Waals surface area contributed by atoms with Crippen molar-refractivity contribution in [3.8, 4) is 0 Å². The first-order valence-electron chi connectivity index (χ1n) is 13.3. The van der Waals surface area contributed by atoms with Crippen molar-refractivity contribution in [2.75, 3.05) is 65.5 Å². The molecule has 7 nitrogen and oxygen atoms in total. The van der Waals surface area contributed by atoms with Gasteiger partial charge in [-0.05, 0) is 62.1 Å². The topological polar surface area (TPSA) is 59.0 Å². The summed E-state index contributed by atoms with van der Waals surface area (Å²) in [7, 11) is 3.47. The highest BCUT2D eigenvalue weighted by molar-refractivity contribution is 6.04. The molecule has 0 aliphatic carbocycles. The number of methoxy groups -OCH3 is 2. The summed E-state index contributed by atoms with van der Waals surface area (Å²) in [6, 6.07) is 10.6. The molecule has 4 rings (SSSR count). The molecular formula is C30H42N4O3. The molecule has 0 spiro atoms. The Bertz CT molecular complexity index is 1220. The zero-order valence-electron chi connectivity index (χ0n) is 23.3. The van der Waals surface area contributed by atoms with Gasteiger partial charge in [-0.2, -0.15) is 0 Å². The van der Waals surface area contributed by atoms with Crippen LogP contribution in [0.15, 0.2) is 30.3 Å². The number of hydrogen-bond donors (Lipinski definition) is 1. The molecule has 0 saturated carbocycles. The largest absolute Gasteiger partial charge is 0.383 e. The van der Waals surface area contributed by atoms with E-state index < -0.39 is 0 Å². The summed E-state index contributed by atoms with van der Waals surface area (Å²) in [6.07, 6.45) is 0. The fraction of sp³-hybridized carbons (Fsp3) is 0.500. The maximum Gasteiger partial charge on any atom is 0.254 e. The monoisotopic (exact) mass is 506 g/mol. The predicted octanol–water partition coefficient (Wildman–Crippen LogP) is 4.54. The van der Waals surface area contributed by atoms with Crippen LogP contribution in [0, 0.1) is 27.7 Å². The molecule has 37 heavy (non-hydrogen) atoms. The number of aryl methyl sites for hydroxylation is 3. The Morgan fingerprint density at radius 1 is 0.919 bits per heavy atom. The molecule has 1 aliphatic rings. The van der Waals surface area contributed by atoms with E-state index in [1.54, 1.807) is 14.2 Å². The van der Waals surface area contributed by atoms with Crippen LogP contribution in [0.3, 0.4) is 0 Å². The van der Waals surface area contributed by atoms with E-state index in [2.05, 4.69) is 72.8 Å². The second kappa shape index (κ2) is 12.1. The summed E-state index contributed by atoms with van der Waals surface area (Å²) >= 11 is 0. The van der Waals surface area contributed by atoms with Crippen molar-refractivity contribution in [3.05, 3.63) is 63.8 Å². The van der Waals surface area contributed by atoms with Crippen LogP contribution in [0.1, 0.15) is 38.3 Å². The highest BCUT2D eigenvalue weighted by atomic mass is 16.5. The number of benzene rings is 2. The van der Waals surface area contributed by atoms with Gasteiger partial charge in [-0.15, -0.1) is 0 Å². The maximum atomic E-state index is 13.7. The zero-order chi connectivity index (χ0) is 26.5. The van der Waals surface area contributed by atoms with Crippen LogP contribution >= 0.6 is 0 Å². The van der Waals surface area contributed by atoms with E-state index in [1.165, 1.54) is 27.9 Å². The summed E-state index contributed by atoms with van der Waals surface area (Å²) in [6.45, 7) is 15.6. The zero-order valence-corrected chi connectivity index (χ0v) is 23.3. The molecule has 0 unspecified atom stereocenters. The van der Waals surface area contributed by atoms with E-state index in [0.29, 0.717) is 13.2 Å². The molecule has 0 atom stereocenters. The average Bonchev–Trinajstić information content (AvgIpc) is 3.15. The highest BCUT2D eigenvalue weighted by Crippen LogP contribution is 2.34. The van der Waals surface area contributed by atoms with Gasteiger partial charge in [-0.25, -0.2) is 0 Å². The second-order valence-corrected chi connectivity index (χ2v) is 10.1. The number of nitrogens with zero attached hydrogens (tertiary/aromatic N) is 3. The van der Waals surface area contributed by atoms with E-state index in [-0.39, 0.29) is 5.91 Å². The fourth-order valence-electron chi connectivity index (χ4n) is 5.39. The lowest BCUT2D eigenvalue weighted by Crippen LogP contribution is -2.49. The third-order valence-corrected chi connectivity index (χ3v) is 7.87. The lowest BCUT2D eigenvalue weighted by atomic mass is 10.0.